The number of hydrogen-bond donors (Lipinski definition) is 0. The zero-order valence-electron chi connectivity index (χ0n) is 19.8. The van der Waals surface area contributed by atoms with E-state index in [1.165, 1.54) is 20.8 Å². The van der Waals surface area contributed by atoms with Gasteiger partial charge in [-0.05, 0) is 43.1 Å². The summed E-state index contributed by atoms with van der Waals surface area (Å²) in [5, 5.41) is 0. The summed E-state index contributed by atoms with van der Waals surface area (Å²) in [4.78, 5) is 62.2. The Morgan fingerprint density at radius 3 is 2.09 bits per heavy atom. The fourth-order valence-electron chi connectivity index (χ4n) is 7.13. The van der Waals surface area contributed by atoms with Crippen LogP contribution in [0, 0.1) is 28.6 Å². The van der Waals surface area contributed by atoms with E-state index in [1.54, 1.807) is 6.08 Å². The molecule has 4 rings (SSSR count). The quantitative estimate of drug-likeness (QED) is 0.467. The van der Waals surface area contributed by atoms with E-state index in [2.05, 4.69) is 6.92 Å². The number of esters is 3. The van der Waals surface area contributed by atoms with Crippen molar-refractivity contribution in [1.29, 1.82) is 0 Å². The average Bonchev–Trinajstić information content (AvgIpc) is 2.89. The van der Waals surface area contributed by atoms with Gasteiger partial charge in [-0.3, -0.25) is 24.0 Å². The molecule has 33 heavy (non-hydrogen) atoms. The Bertz CT molecular complexity index is 950. The fourth-order valence-corrected chi connectivity index (χ4v) is 7.13. The van der Waals surface area contributed by atoms with Crippen LogP contribution in [0.2, 0.25) is 0 Å². The Kier molecular flexibility index (Phi) is 5.78. The molecule has 3 fully saturated rings. The third kappa shape index (κ3) is 3.71. The molecule has 0 aromatic heterocycles. The Morgan fingerprint density at radius 1 is 0.879 bits per heavy atom. The molecule has 0 aromatic carbocycles. The van der Waals surface area contributed by atoms with Crippen molar-refractivity contribution in [2.24, 2.45) is 28.6 Å². The summed E-state index contributed by atoms with van der Waals surface area (Å²) >= 11 is 0. The van der Waals surface area contributed by atoms with Gasteiger partial charge in [-0.2, -0.15) is 0 Å². The van der Waals surface area contributed by atoms with E-state index in [1.807, 2.05) is 6.92 Å². The second kappa shape index (κ2) is 8.06. The molecule has 0 spiro atoms. The van der Waals surface area contributed by atoms with Gasteiger partial charge in [0.05, 0.1) is 0 Å². The number of carbonyl (C=O) groups excluding carboxylic acids is 5. The molecule has 8 heteroatoms. The van der Waals surface area contributed by atoms with Crippen LogP contribution in [0.5, 0.6) is 0 Å². The number of Topliss-reactive ketones (excluding diaryl/α,β-unsaturated/α-hetero) is 1. The van der Waals surface area contributed by atoms with Crippen molar-refractivity contribution in [3.63, 3.8) is 0 Å². The molecule has 180 valence electrons. The molecule has 0 N–H and O–H groups in total. The lowest BCUT2D eigenvalue weighted by molar-refractivity contribution is -0.171. The molecule has 4 aliphatic carbocycles. The first kappa shape index (κ1) is 23.6. The summed E-state index contributed by atoms with van der Waals surface area (Å²) in [6.07, 6.45) is 2.41. The highest BCUT2D eigenvalue weighted by molar-refractivity contribution is 5.99. The second-order valence-electron chi connectivity index (χ2n) is 10.5. The van der Waals surface area contributed by atoms with Crippen LogP contribution in [0.15, 0.2) is 11.6 Å². The van der Waals surface area contributed by atoms with Gasteiger partial charge < -0.3 is 14.2 Å². The smallest absolute Gasteiger partial charge is 0.303 e. The van der Waals surface area contributed by atoms with Gasteiger partial charge in [0.15, 0.2) is 23.8 Å². The van der Waals surface area contributed by atoms with Crippen LogP contribution in [0.4, 0.5) is 0 Å². The first-order valence-electron chi connectivity index (χ1n) is 11.7. The van der Waals surface area contributed by atoms with E-state index in [4.69, 9.17) is 14.2 Å². The lowest BCUT2D eigenvalue weighted by Gasteiger charge is -2.56. The van der Waals surface area contributed by atoms with Crippen LogP contribution in [-0.2, 0) is 38.2 Å². The summed E-state index contributed by atoms with van der Waals surface area (Å²) in [6.45, 7) is 7.82. The summed E-state index contributed by atoms with van der Waals surface area (Å²) in [6, 6.07) is 0. The number of hydrogen-bond acceptors (Lipinski definition) is 8. The van der Waals surface area contributed by atoms with Gasteiger partial charge in [-0.1, -0.05) is 19.4 Å². The van der Waals surface area contributed by atoms with Crippen molar-refractivity contribution < 1.29 is 38.2 Å². The molecule has 0 amide bonds. The van der Waals surface area contributed by atoms with E-state index in [9.17, 15) is 24.0 Å². The number of fused-ring (bicyclic) bond motifs is 5. The minimum Gasteiger partial charge on any atom is -0.462 e. The standard InChI is InChI=1S/C25H32O8/c1-12(26)31-16-6-8-24(4)15(10-16)11-18(29)19-17(24)7-9-25(5)20(19)21(32-13(2)27)22(23(25)30)33-14(3)28/h11,16-17,19-22H,6-10H2,1-5H3/t16-,17-,19-,20+,21-,22+,24-,25-/m0/s1. The maximum Gasteiger partial charge on any atom is 0.303 e. The van der Waals surface area contributed by atoms with Crippen molar-refractivity contribution >= 4 is 29.5 Å². The molecule has 0 saturated heterocycles. The van der Waals surface area contributed by atoms with Gasteiger partial charge in [-0.15, -0.1) is 0 Å². The van der Waals surface area contributed by atoms with Crippen LogP contribution in [0.1, 0.15) is 66.7 Å². The van der Waals surface area contributed by atoms with Crippen LogP contribution in [0.25, 0.3) is 0 Å². The van der Waals surface area contributed by atoms with Gasteiger partial charge in [0, 0.05) is 44.4 Å². The fraction of sp³-hybridized carbons (Fsp3) is 0.720. The van der Waals surface area contributed by atoms with Crippen molar-refractivity contribution in [1.82, 2.24) is 0 Å². The molecular weight excluding hydrogens is 428 g/mol. The summed E-state index contributed by atoms with van der Waals surface area (Å²) < 4.78 is 16.4. The van der Waals surface area contributed by atoms with Crippen LogP contribution < -0.4 is 0 Å². The highest BCUT2D eigenvalue weighted by atomic mass is 16.6. The lowest BCUT2D eigenvalue weighted by Crippen LogP contribution is -2.55. The minimum atomic E-state index is -1.20. The second-order valence-corrected chi connectivity index (χ2v) is 10.5. The van der Waals surface area contributed by atoms with Crippen LogP contribution in [-0.4, -0.2) is 47.8 Å². The number of ether oxygens (including phenoxy) is 3. The largest absolute Gasteiger partial charge is 0.462 e. The van der Waals surface area contributed by atoms with E-state index >= 15 is 0 Å². The topological polar surface area (TPSA) is 113 Å². The minimum absolute atomic E-state index is 0.0386. The Labute approximate surface area is 193 Å². The van der Waals surface area contributed by atoms with Crippen molar-refractivity contribution in [2.75, 3.05) is 0 Å². The summed E-state index contributed by atoms with van der Waals surface area (Å²) in [5.74, 6) is -3.03. The SMILES string of the molecule is CC(=O)O[C@H]1CC[C@@]2(C)C(=CC(=O)[C@H]3[C@@H]4[C@H](OC(C)=O)[C@@H](OC(C)=O)C(=O)[C@@]4(C)CC[C@@H]32)C1. The molecule has 0 radical (unpaired) electrons. The molecular formula is C25H32O8. The number of rotatable bonds is 3. The molecule has 4 aliphatic rings. The third-order valence-electron chi connectivity index (χ3n) is 8.56. The van der Waals surface area contributed by atoms with Gasteiger partial charge in [0.1, 0.15) is 6.10 Å². The zero-order valence-corrected chi connectivity index (χ0v) is 19.8. The molecule has 0 aliphatic heterocycles. The maximum absolute atomic E-state index is 13.6. The molecule has 8 atom stereocenters. The normalized spacial score (nSPS) is 41.8. The first-order valence-corrected chi connectivity index (χ1v) is 11.7. The molecule has 3 saturated carbocycles. The molecule has 0 aromatic rings. The van der Waals surface area contributed by atoms with Crippen LogP contribution in [0.3, 0.4) is 0 Å². The number of ketones is 2. The van der Waals surface area contributed by atoms with E-state index in [-0.39, 0.29) is 35.0 Å². The molecule has 0 bridgehead atoms. The average molecular weight is 461 g/mol. The van der Waals surface area contributed by atoms with Crippen molar-refractivity contribution in [2.45, 2.75) is 85.0 Å². The van der Waals surface area contributed by atoms with E-state index in [0.717, 1.165) is 12.0 Å². The Hall–Kier alpha value is -2.51. The van der Waals surface area contributed by atoms with E-state index in [0.29, 0.717) is 25.7 Å². The molecule has 0 unspecified atom stereocenters. The Morgan fingerprint density at radius 2 is 1.48 bits per heavy atom. The van der Waals surface area contributed by atoms with Crippen LogP contribution >= 0.6 is 0 Å². The van der Waals surface area contributed by atoms with Gasteiger partial charge in [-0.25, -0.2) is 0 Å². The molecule has 8 nitrogen and oxygen atoms in total. The third-order valence-corrected chi connectivity index (χ3v) is 8.56. The zero-order chi connectivity index (χ0) is 24.3. The van der Waals surface area contributed by atoms with E-state index < -0.39 is 41.4 Å². The monoisotopic (exact) mass is 460 g/mol. The predicted octanol–water partition coefficient (Wildman–Crippen LogP) is 2.71. The van der Waals surface area contributed by atoms with Gasteiger partial charge >= 0.3 is 17.9 Å². The lowest BCUT2D eigenvalue weighted by atomic mass is 9.47. The predicted molar refractivity (Wildman–Crippen MR) is 115 cm³/mol. The number of allylic oxidation sites excluding steroid dienone is 1. The maximum atomic E-state index is 13.6. The highest BCUT2D eigenvalue weighted by Crippen LogP contribution is 2.64. The summed E-state index contributed by atoms with van der Waals surface area (Å²) in [7, 11) is 0. The van der Waals surface area contributed by atoms with Gasteiger partial charge in [0.25, 0.3) is 0 Å². The van der Waals surface area contributed by atoms with Gasteiger partial charge in [0.2, 0.25) is 0 Å². The Balaban J connectivity index is 1.74. The van der Waals surface area contributed by atoms with Crippen molar-refractivity contribution in [3.8, 4) is 0 Å². The molecule has 0 heterocycles. The first-order chi connectivity index (χ1) is 15.4. The highest BCUT2D eigenvalue weighted by Gasteiger charge is 2.69. The summed E-state index contributed by atoms with van der Waals surface area (Å²) in [5.41, 5.74) is -0.215. The number of carbonyl (C=O) groups is 5. The van der Waals surface area contributed by atoms with Crippen molar-refractivity contribution in [3.05, 3.63) is 11.6 Å².